The predicted molar refractivity (Wildman–Crippen MR) is 111 cm³/mol. The number of anilines is 3. The van der Waals surface area contributed by atoms with Crippen molar-refractivity contribution in [3.05, 3.63) is 83.8 Å². The number of nitrogens with zero attached hydrogens (tertiary/aromatic N) is 3. The number of aryl methyl sites for hydroxylation is 1. The number of amides is 1. The van der Waals surface area contributed by atoms with Crippen molar-refractivity contribution in [3.8, 4) is 0 Å². The summed E-state index contributed by atoms with van der Waals surface area (Å²) in [6.45, 7) is 3.99. The monoisotopic (exact) mass is 369 g/mol. The van der Waals surface area contributed by atoms with Gasteiger partial charge in [-0.15, -0.1) is 0 Å². The van der Waals surface area contributed by atoms with Crippen LogP contribution < -0.4 is 10.6 Å². The lowest BCUT2D eigenvalue weighted by Gasteiger charge is -2.11. The largest absolute Gasteiger partial charge is 0.322 e. The Hall–Kier alpha value is -3.80. The van der Waals surface area contributed by atoms with Crippen LogP contribution in [0.5, 0.6) is 0 Å². The van der Waals surface area contributed by atoms with E-state index >= 15 is 0 Å². The highest BCUT2D eigenvalue weighted by Crippen LogP contribution is 2.23. The summed E-state index contributed by atoms with van der Waals surface area (Å²) in [7, 11) is 0. The summed E-state index contributed by atoms with van der Waals surface area (Å²) in [5.74, 6) is 0.161. The first-order chi connectivity index (χ1) is 13.6. The normalized spacial score (nSPS) is 10.6. The van der Waals surface area contributed by atoms with Crippen molar-refractivity contribution in [3.63, 3.8) is 0 Å². The Morgan fingerprint density at radius 1 is 0.857 bits per heavy atom. The van der Waals surface area contributed by atoms with Gasteiger partial charge in [-0.25, -0.2) is 9.97 Å². The molecule has 0 atom stereocenters. The summed E-state index contributed by atoms with van der Waals surface area (Å²) in [5, 5.41) is 7.10. The third kappa shape index (κ3) is 3.53. The van der Waals surface area contributed by atoms with Crippen LogP contribution >= 0.6 is 0 Å². The molecule has 2 heterocycles. The Morgan fingerprint density at radius 3 is 2.39 bits per heavy atom. The van der Waals surface area contributed by atoms with Crippen molar-refractivity contribution in [1.82, 2.24) is 15.0 Å². The number of carbonyl (C=O) groups excluding carboxylic acids is 1. The van der Waals surface area contributed by atoms with Gasteiger partial charge in [-0.05, 0) is 43.2 Å². The molecule has 28 heavy (non-hydrogen) atoms. The number of carbonyl (C=O) groups is 1. The first-order valence-electron chi connectivity index (χ1n) is 8.92. The minimum Gasteiger partial charge on any atom is -0.322 e. The smallest absolute Gasteiger partial charge is 0.258 e. The maximum Gasteiger partial charge on any atom is 0.258 e. The first-order valence-corrected chi connectivity index (χ1v) is 8.92. The van der Waals surface area contributed by atoms with Gasteiger partial charge in [0.2, 0.25) is 5.95 Å². The highest BCUT2D eigenvalue weighted by molar-refractivity contribution is 6.04. The zero-order chi connectivity index (χ0) is 19.5. The molecule has 4 rings (SSSR count). The summed E-state index contributed by atoms with van der Waals surface area (Å²) < 4.78 is 0. The van der Waals surface area contributed by atoms with Crippen molar-refractivity contribution >= 4 is 34.1 Å². The second kappa shape index (κ2) is 7.44. The Labute approximate surface area is 162 Å². The standard InChI is InChI=1S/C22H19N5O/c1-14-6-3-9-18(15(14)2)26-21(28)17-12-24-22(25-13-17)27-19-10-4-7-16-8-5-11-23-20(16)19/h3-13H,1-2H3,(H,26,28)(H,24,25,27). The number of fused-ring (bicyclic) bond motifs is 1. The molecule has 2 N–H and O–H groups in total. The summed E-state index contributed by atoms with van der Waals surface area (Å²) >= 11 is 0. The Morgan fingerprint density at radius 2 is 1.57 bits per heavy atom. The average Bonchev–Trinajstić information content (AvgIpc) is 2.72. The number of hydrogen-bond donors (Lipinski definition) is 2. The molecular formula is C22H19N5O. The van der Waals surface area contributed by atoms with Crippen LogP contribution in [0.3, 0.4) is 0 Å². The second-order valence-corrected chi connectivity index (χ2v) is 6.50. The van der Waals surface area contributed by atoms with E-state index in [1.165, 1.54) is 12.4 Å². The van der Waals surface area contributed by atoms with Crippen molar-refractivity contribution in [1.29, 1.82) is 0 Å². The van der Waals surface area contributed by atoms with Crippen molar-refractivity contribution in [2.45, 2.75) is 13.8 Å². The fraction of sp³-hybridized carbons (Fsp3) is 0.0909. The maximum absolute atomic E-state index is 12.5. The number of aromatic nitrogens is 3. The molecule has 0 radical (unpaired) electrons. The molecule has 0 spiro atoms. The summed E-state index contributed by atoms with van der Waals surface area (Å²) in [6.07, 6.45) is 4.76. The van der Waals surface area contributed by atoms with Gasteiger partial charge in [0.05, 0.1) is 16.8 Å². The lowest BCUT2D eigenvalue weighted by atomic mass is 10.1. The van der Waals surface area contributed by atoms with Crippen LogP contribution in [0.15, 0.2) is 67.1 Å². The van der Waals surface area contributed by atoms with Crippen LogP contribution in [0, 0.1) is 13.8 Å². The van der Waals surface area contributed by atoms with E-state index in [9.17, 15) is 4.79 Å². The Bertz CT molecular complexity index is 1150. The number of rotatable bonds is 4. The summed E-state index contributed by atoms with van der Waals surface area (Å²) in [4.78, 5) is 25.4. The minimum atomic E-state index is -0.243. The lowest BCUT2D eigenvalue weighted by Crippen LogP contribution is -2.14. The predicted octanol–water partition coefficient (Wildman–Crippen LogP) is 4.64. The van der Waals surface area contributed by atoms with Gasteiger partial charge in [-0.1, -0.05) is 30.3 Å². The van der Waals surface area contributed by atoms with Gasteiger partial charge in [0.1, 0.15) is 0 Å². The topological polar surface area (TPSA) is 79.8 Å². The molecule has 2 aromatic heterocycles. The number of nitrogens with one attached hydrogen (secondary N) is 2. The van der Waals surface area contributed by atoms with E-state index in [0.29, 0.717) is 11.5 Å². The van der Waals surface area contributed by atoms with E-state index in [1.54, 1.807) is 6.20 Å². The molecule has 0 aliphatic rings. The third-order valence-corrected chi connectivity index (χ3v) is 4.65. The summed E-state index contributed by atoms with van der Waals surface area (Å²) in [5.41, 5.74) is 4.99. The van der Waals surface area contributed by atoms with E-state index in [0.717, 1.165) is 33.4 Å². The van der Waals surface area contributed by atoms with Crippen LogP contribution in [0.2, 0.25) is 0 Å². The van der Waals surface area contributed by atoms with Gasteiger partial charge in [0, 0.05) is 29.7 Å². The molecular weight excluding hydrogens is 350 g/mol. The molecule has 0 saturated heterocycles. The van der Waals surface area contributed by atoms with Crippen molar-refractivity contribution < 1.29 is 4.79 Å². The summed E-state index contributed by atoms with van der Waals surface area (Å²) in [6, 6.07) is 15.6. The quantitative estimate of drug-likeness (QED) is 0.548. The van der Waals surface area contributed by atoms with Crippen LogP contribution in [-0.2, 0) is 0 Å². The highest BCUT2D eigenvalue weighted by atomic mass is 16.1. The fourth-order valence-corrected chi connectivity index (χ4v) is 2.92. The zero-order valence-electron chi connectivity index (χ0n) is 15.6. The van der Waals surface area contributed by atoms with Gasteiger partial charge in [0.25, 0.3) is 5.91 Å². The van der Waals surface area contributed by atoms with E-state index in [2.05, 4.69) is 25.6 Å². The SMILES string of the molecule is Cc1cccc(NC(=O)c2cnc(Nc3cccc4cccnc34)nc2)c1C. The molecule has 0 saturated carbocycles. The van der Waals surface area contributed by atoms with Crippen LogP contribution in [0.4, 0.5) is 17.3 Å². The molecule has 0 unspecified atom stereocenters. The molecule has 1 amide bonds. The van der Waals surface area contributed by atoms with Crippen LogP contribution in [-0.4, -0.2) is 20.9 Å². The number of para-hydroxylation sites is 1. The lowest BCUT2D eigenvalue weighted by molar-refractivity contribution is 0.102. The first kappa shape index (κ1) is 17.6. The molecule has 138 valence electrons. The highest BCUT2D eigenvalue weighted by Gasteiger charge is 2.10. The molecule has 6 heteroatoms. The number of benzene rings is 2. The number of hydrogen-bond acceptors (Lipinski definition) is 5. The number of pyridine rings is 1. The zero-order valence-corrected chi connectivity index (χ0v) is 15.6. The van der Waals surface area contributed by atoms with E-state index in [1.807, 2.05) is 62.4 Å². The van der Waals surface area contributed by atoms with Crippen LogP contribution in [0.1, 0.15) is 21.5 Å². The van der Waals surface area contributed by atoms with Gasteiger partial charge < -0.3 is 10.6 Å². The van der Waals surface area contributed by atoms with Gasteiger partial charge >= 0.3 is 0 Å². The van der Waals surface area contributed by atoms with Crippen molar-refractivity contribution in [2.75, 3.05) is 10.6 Å². The van der Waals surface area contributed by atoms with Gasteiger partial charge in [-0.2, -0.15) is 0 Å². The third-order valence-electron chi connectivity index (χ3n) is 4.65. The Kier molecular flexibility index (Phi) is 4.68. The molecule has 2 aromatic carbocycles. The fourth-order valence-electron chi connectivity index (χ4n) is 2.92. The maximum atomic E-state index is 12.5. The molecule has 0 aliphatic heterocycles. The van der Waals surface area contributed by atoms with Gasteiger partial charge in [0.15, 0.2) is 0 Å². The van der Waals surface area contributed by atoms with Crippen LogP contribution in [0.25, 0.3) is 10.9 Å². The molecule has 0 aliphatic carbocycles. The molecule has 0 fully saturated rings. The van der Waals surface area contributed by atoms with E-state index < -0.39 is 0 Å². The Balaban J connectivity index is 1.52. The van der Waals surface area contributed by atoms with E-state index in [-0.39, 0.29) is 5.91 Å². The van der Waals surface area contributed by atoms with Gasteiger partial charge in [-0.3, -0.25) is 9.78 Å². The van der Waals surface area contributed by atoms with Crippen molar-refractivity contribution in [2.24, 2.45) is 0 Å². The minimum absolute atomic E-state index is 0.243. The molecule has 6 nitrogen and oxygen atoms in total. The second-order valence-electron chi connectivity index (χ2n) is 6.50. The van der Waals surface area contributed by atoms with E-state index in [4.69, 9.17) is 0 Å². The average molecular weight is 369 g/mol. The molecule has 4 aromatic rings. The molecule has 0 bridgehead atoms.